The highest BCUT2D eigenvalue weighted by Crippen LogP contribution is 2.09. The summed E-state index contributed by atoms with van der Waals surface area (Å²) >= 11 is 0. The molecular weight excluding hydrogens is 152 g/mol. The summed E-state index contributed by atoms with van der Waals surface area (Å²) in [6.07, 6.45) is 1.33. The number of nitrogens with one attached hydrogen (secondary N) is 1. The van der Waals surface area contributed by atoms with E-state index in [1.54, 1.807) is 0 Å². The third-order valence-corrected chi connectivity index (χ3v) is 2.24. The third kappa shape index (κ3) is 2.66. The lowest BCUT2D eigenvalue weighted by Gasteiger charge is -2.26. The molecule has 0 saturated heterocycles. The molecule has 0 aromatic rings. The summed E-state index contributed by atoms with van der Waals surface area (Å²) in [6, 6.07) is 0.111. The molecule has 3 heteroatoms. The van der Waals surface area contributed by atoms with Crippen LogP contribution in [0.4, 0.5) is 0 Å². The van der Waals surface area contributed by atoms with Crippen LogP contribution in [-0.4, -0.2) is 35.9 Å². The second-order valence-corrected chi connectivity index (χ2v) is 3.06. The lowest BCUT2D eigenvalue weighted by molar-refractivity contribution is 0.186. The standard InChI is InChI=1S/C9H18N2O/c1-7(5-10)9(3)11(4)8(2)6-12/h5,8,10,12H,6H2,1-4H3/b9-7+,10-5?. The number of hydrogen-bond acceptors (Lipinski definition) is 3. The van der Waals surface area contributed by atoms with Crippen molar-refractivity contribution in [2.24, 2.45) is 0 Å². The highest BCUT2D eigenvalue weighted by molar-refractivity contribution is 5.75. The van der Waals surface area contributed by atoms with Gasteiger partial charge in [0.15, 0.2) is 0 Å². The van der Waals surface area contributed by atoms with E-state index in [2.05, 4.69) is 0 Å². The van der Waals surface area contributed by atoms with Crippen LogP contribution in [0.25, 0.3) is 0 Å². The van der Waals surface area contributed by atoms with Crippen LogP contribution in [0.5, 0.6) is 0 Å². The van der Waals surface area contributed by atoms with Gasteiger partial charge in [-0.1, -0.05) is 0 Å². The number of likely N-dealkylation sites (N-methyl/N-ethyl adjacent to an activating group) is 1. The van der Waals surface area contributed by atoms with Gasteiger partial charge in [-0.25, -0.2) is 0 Å². The Balaban J connectivity index is 4.47. The Kier molecular flexibility index (Phi) is 4.59. The Bertz CT molecular complexity index is 187. The van der Waals surface area contributed by atoms with Crippen LogP contribution in [0.2, 0.25) is 0 Å². The Hall–Kier alpha value is -0.830. The number of hydrogen-bond donors (Lipinski definition) is 2. The fourth-order valence-electron chi connectivity index (χ4n) is 0.836. The normalized spacial score (nSPS) is 15.1. The molecule has 0 bridgehead atoms. The second-order valence-electron chi connectivity index (χ2n) is 3.06. The molecule has 0 aromatic heterocycles. The van der Waals surface area contributed by atoms with E-state index in [0.29, 0.717) is 0 Å². The highest BCUT2D eigenvalue weighted by Gasteiger charge is 2.08. The van der Waals surface area contributed by atoms with Crippen molar-refractivity contribution in [2.45, 2.75) is 26.8 Å². The first kappa shape index (κ1) is 11.2. The van der Waals surface area contributed by atoms with Crippen LogP contribution in [0.1, 0.15) is 20.8 Å². The van der Waals surface area contributed by atoms with E-state index in [9.17, 15) is 0 Å². The van der Waals surface area contributed by atoms with Crippen LogP contribution < -0.4 is 0 Å². The van der Waals surface area contributed by atoms with Crippen LogP contribution in [-0.2, 0) is 0 Å². The topological polar surface area (TPSA) is 47.3 Å². The number of aliphatic hydroxyl groups is 1. The molecule has 3 nitrogen and oxygen atoms in total. The van der Waals surface area contributed by atoms with Gasteiger partial charge < -0.3 is 15.4 Å². The van der Waals surface area contributed by atoms with Gasteiger partial charge in [0, 0.05) is 25.0 Å². The second kappa shape index (κ2) is 4.93. The lowest BCUT2D eigenvalue weighted by Crippen LogP contribution is -2.31. The zero-order valence-corrected chi connectivity index (χ0v) is 8.26. The van der Waals surface area contributed by atoms with E-state index in [0.717, 1.165) is 11.3 Å². The van der Waals surface area contributed by atoms with E-state index in [-0.39, 0.29) is 12.6 Å². The molecule has 0 spiro atoms. The highest BCUT2D eigenvalue weighted by atomic mass is 16.3. The average molecular weight is 170 g/mol. The summed E-state index contributed by atoms with van der Waals surface area (Å²) in [5, 5.41) is 15.9. The number of rotatable bonds is 4. The van der Waals surface area contributed by atoms with Crippen LogP contribution >= 0.6 is 0 Å². The van der Waals surface area contributed by atoms with Gasteiger partial charge >= 0.3 is 0 Å². The minimum Gasteiger partial charge on any atom is -0.394 e. The first-order valence-electron chi connectivity index (χ1n) is 4.06. The van der Waals surface area contributed by atoms with E-state index >= 15 is 0 Å². The van der Waals surface area contributed by atoms with Crippen molar-refractivity contribution in [1.82, 2.24) is 4.90 Å². The lowest BCUT2D eigenvalue weighted by atomic mass is 10.2. The van der Waals surface area contributed by atoms with Crippen LogP contribution in [0.3, 0.4) is 0 Å². The van der Waals surface area contributed by atoms with Gasteiger partial charge in [0.25, 0.3) is 0 Å². The fourth-order valence-corrected chi connectivity index (χ4v) is 0.836. The van der Waals surface area contributed by atoms with E-state index in [4.69, 9.17) is 10.5 Å². The Morgan fingerprint density at radius 2 is 2.08 bits per heavy atom. The number of aliphatic hydroxyl groups excluding tert-OH is 1. The van der Waals surface area contributed by atoms with Crippen molar-refractivity contribution in [2.75, 3.05) is 13.7 Å². The van der Waals surface area contributed by atoms with E-state index in [1.165, 1.54) is 6.21 Å². The monoisotopic (exact) mass is 170 g/mol. The van der Waals surface area contributed by atoms with Crippen LogP contribution in [0, 0.1) is 5.41 Å². The van der Waals surface area contributed by atoms with Gasteiger partial charge in [-0.05, 0) is 26.3 Å². The molecule has 1 unspecified atom stereocenters. The molecule has 70 valence electrons. The molecule has 1 atom stereocenters. The number of allylic oxidation sites excluding steroid dienone is 2. The van der Waals surface area contributed by atoms with Gasteiger partial charge in [0.2, 0.25) is 0 Å². The Morgan fingerprint density at radius 3 is 2.42 bits per heavy atom. The van der Waals surface area contributed by atoms with Crippen molar-refractivity contribution in [3.63, 3.8) is 0 Å². The Morgan fingerprint density at radius 1 is 1.58 bits per heavy atom. The third-order valence-electron chi connectivity index (χ3n) is 2.24. The molecule has 0 rings (SSSR count). The summed E-state index contributed by atoms with van der Waals surface area (Å²) < 4.78 is 0. The molecular formula is C9H18N2O. The SMILES string of the molecule is C/C(C=N)=C(/C)N(C)C(C)CO. The molecule has 0 aromatic carbocycles. The van der Waals surface area contributed by atoms with Gasteiger partial charge in [0.1, 0.15) is 0 Å². The summed E-state index contributed by atoms with van der Waals surface area (Å²) in [6.45, 7) is 5.93. The minimum absolute atomic E-state index is 0.111. The van der Waals surface area contributed by atoms with Crippen molar-refractivity contribution in [3.05, 3.63) is 11.3 Å². The fraction of sp³-hybridized carbons (Fsp3) is 0.667. The van der Waals surface area contributed by atoms with Gasteiger partial charge in [-0.3, -0.25) is 0 Å². The molecule has 0 radical (unpaired) electrons. The average Bonchev–Trinajstić information content (AvgIpc) is 2.12. The largest absolute Gasteiger partial charge is 0.394 e. The van der Waals surface area contributed by atoms with Gasteiger partial charge in [0.05, 0.1) is 6.61 Å². The van der Waals surface area contributed by atoms with Crippen molar-refractivity contribution < 1.29 is 5.11 Å². The number of nitrogens with zero attached hydrogens (tertiary/aromatic N) is 1. The van der Waals surface area contributed by atoms with Crippen molar-refractivity contribution >= 4 is 6.21 Å². The minimum atomic E-state index is 0.111. The molecule has 0 fully saturated rings. The molecule has 2 N–H and O–H groups in total. The first-order valence-corrected chi connectivity index (χ1v) is 4.06. The summed E-state index contributed by atoms with van der Waals surface area (Å²) in [7, 11) is 1.92. The van der Waals surface area contributed by atoms with Crippen molar-refractivity contribution in [1.29, 1.82) is 5.41 Å². The molecule has 0 heterocycles. The maximum Gasteiger partial charge on any atom is 0.0632 e. The molecule has 0 aliphatic carbocycles. The van der Waals surface area contributed by atoms with E-state index in [1.807, 2.05) is 32.7 Å². The molecule has 0 amide bonds. The Labute approximate surface area is 74.2 Å². The molecule has 0 aliphatic rings. The summed E-state index contributed by atoms with van der Waals surface area (Å²) in [5.74, 6) is 0. The quantitative estimate of drug-likeness (QED) is 0.624. The molecule has 0 saturated carbocycles. The predicted molar refractivity (Wildman–Crippen MR) is 51.5 cm³/mol. The zero-order valence-electron chi connectivity index (χ0n) is 8.26. The maximum atomic E-state index is 8.89. The predicted octanol–water partition coefficient (Wildman–Crippen LogP) is 1.24. The van der Waals surface area contributed by atoms with Gasteiger partial charge in [-0.2, -0.15) is 0 Å². The van der Waals surface area contributed by atoms with Crippen molar-refractivity contribution in [3.8, 4) is 0 Å². The smallest absolute Gasteiger partial charge is 0.0632 e. The summed E-state index contributed by atoms with van der Waals surface area (Å²) in [5.41, 5.74) is 1.96. The maximum absolute atomic E-state index is 8.89. The molecule has 0 aliphatic heterocycles. The first-order chi connectivity index (χ1) is 5.54. The van der Waals surface area contributed by atoms with Crippen LogP contribution in [0.15, 0.2) is 11.3 Å². The molecule has 12 heavy (non-hydrogen) atoms. The summed E-state index contributed by atoms with van der Waals surface area (Å²) in [4.78, 5) is 1.97. The van der Waals surface area contributed by atoms with Gasteiger partial charge in [-0.15, -0.1) is 0 Å². The van der Waals surface area contributed by atoms with E-state index < -0.39 is 0 Å². The zero-order chi connectivity index (χ0) is 9.72.